The van der Waals surface area contributed by atoms with Gasteiger partial charge < -0.3 is 10.6 Å². The highest BCUT2D eigenvalue weighted by atomic mass is 32.1. The van der Waals surface area contributed by atoms with E-state index in [1.165, 1.54) is 22.5 Å². The van der Waals surface area contributed by atoms with E-state index >= 15 is 0 Å². The lowest BCUT2D eigenvalue weighted by atomic mass is 10.1. The fourth-order valence-corrected chi connectivity index (χ4v) is 3.78. The second kappa shape index (κ2) is 7.88. The first kappa shape index (κ1) is 17.1. The van der Waals surface area contributed by atoms with Gasteiger partial charge in [0.05, 0.1) is 5.01 Å². The molecule has 2 aromatic rings. The molecular formula is C18H24N4OS. The minimum absolute atomic E-state index is 0.0460. The Labute approximate surface area is 147 Å². The van der Waals surface area contributed by atoms with Crippen LogP contribution in [0.1, 0.15) is 26.6 Å². The molecule has 1 aliphatic rings. The Morgan fingerprint density at radius 2 is 2.08 bits per heavy atom. The third kappa shape index (κ3) is 4.20. The Morgan fingerprint density at radius 3 is 2.79 bits per heavy atom. The SMILES string of the molecule is Cc1cccc(CN2CCN(C(=O)c3csc(CCN)n3)CC2)c1. The predicted octanol–water partition coefficient (Wildman–Crippen LogP) is 1.91. The highest BCUT2D eigenvalue weighted by molar-refractivity contribution is 7.09. The standard InChI is InChI=1S/C18H24N4OS/c1-14-3-2-4-15(11-14)12-21-7-9-22(10-8-21)18(23)16-13-24-17(20-16)5-6-19/h2-4,11,13H,5-10,12,19H2,1H3. The van der Waals surface area contributed by atoms with E-state index in [0.29, 0.717) is 12.2 Å². The van der Waals surface area contributed by atoms with E-state index in [1.54, 1.807) is 0 Å². The normalized spacial score (nSPS) is 15.7. The van der Waals surface area contributed by atoms with E-state index in [-0.39, 0.29) is 5.91 Å². The lowest BCUT2D eigenvalue weighted by Crippen LogP contribution is -2.48. The molecule has 24 heavy (non-hydrogen) atoms. The number of nitrogens with zero attached hydrogens (tertiary/aromatic N) is 3. The summed E-state index contributed by atoms with van der Waals surface area (Å²) < 4.78 is 0. The molecule has 1 aliphatic heterocycles. The summed E-state index contributed by atoms with van der Waals surface area (Å²) >= 11 is 1.52. The number of thiazole rings is 1. The third-order valence-electron chi connectivity index (χ3n) is 4.28. The lowest BCUT2D eigenvalue weighted by molar-refractivity contribution is 0.0623. The molecule has 5 nitrogen and oxygen atoms in total. The van der Waals surface area contributed by atoms with Crippen molar-refractivity contribution in [1.29, 1.82) is 0 Å². The van der Waals surface area contributed by atoms with Crippen molar-refractivity contribution in [3.05, 3.63) is 51.5 Å². The van der Waals surface area contributed by atoms with E-state index in [1.807, 2.05) is 10.3 Å². The number of hydrogen-bond donors (Lipinski definition) is 1. The number of amides is 1. The van der Waals surface area contributed by atoms with E-state index in [4.69, 9.17) is 5.73 Å². The molecule has 0 atom stereocenters. The summed E-state index contributed by atoms with van der Waals surface area (Å²) in [7, 11) is 0. The molecule has 1 amide bonds. The number of hydrogen-bond acceptors (Lipinski definition) is 5. The first-order chi connectivity index (χ1) is 11.7. The summed E-state index contributed by atoms with van der Waals surface area (Å²) in [6.45, 7) is 6.95. The van der Waals surface area contributed by atoms with E-state index < -0.39 is 0 Å². The number of aryl methyl sites for hydroxylation is 1. The van der Waals surface area contributed by atoms with Gasteiger partial charge in [0.1, 0.15) is 5.69 Å². The van der Waals surface area contributed by atoms with Crippen molar-refractivity contribution in [2.24, 2.45) is 5.73 Å². The highest BCUT2D eigenvalue weighted by Crippen LogP contribution is 2.15. The topological polar surface area (TPSA) is 62.5 Å². The lowest BCUT2D eigenvalue weighted by Gasteiger charge is -2.34. The molecule has 0 unspecified atom stereocenters. The largest absolute Gasteiger partial charge is 0.335 e. The Kier molecular flexibility index (Phi) is 5.60. The summed E-state index contributed by atoms with van der Waals surface area (Å²) in [5, 5.41) is 2.80. The number of carbonyl (C=O) groups is 1. The fraction of sp³-hybridized carbons (Fsp3) is 0.444. The van der Waals surface area contributed by atoms with Crippen LogP contribution in [0.2, 0.25) is 0 Å². The van der Waals surface area contributed by atoms with Gasteiger partial charge in [-0.25, -0.2) is 4.98 Å². The minimum Gasteiger partial charge on any atom is -0.335 e. The minimum atomic E-state index is 0.0460. The Morgan fingerprint density at radius 1 is 1.29 bits per heavy atom. The molecule has 0 aliphatic carbocycles. The van der Waals surface area contributed by atoms with Gasteiger partial charge >= 0.3 is 0 Å². The number of carbonyl (C=O) groups excluding carboxylic acids is 1. The van der Waals surface area contributed by atoms with E-state index in [9.17, 15) is 4.79 Å². The number of benzene rings is 1. The van der Waals surface area contributed by atoms with Crippen LogP contribution >= 0.6 is 11.3 Å². The number of piperazine rings is 1. The van der Waals surface area contributed by atoms with Crippen molar-refractivity contribution in [1.82, 2.24) is 14.8 Å². The van der Waals surface area contributed by atoms with Crippen LogP contribution in [-0.4, -0.2) is 53.4 Å². The second-order valence-electron chi connectivity index (χ2n) is 6.22. The number of aromatic nitrogens is 1. The smallest absolute Gasteiger partial charge is 0.273 e. The molecule has 2 N–H and O–H groups in total. The maximum atomic E-state index is 12.5. The molecule has 3 rings (SSSR count). The molecule has 6 heteroatoms. The van der Waals surface area contributed by atoms with Crippen molar-refractivity contribution in [3.8, 4) is 0 Å². The average molecular weight is 344 g/mol. The van der Waals surface area contributed by atoms with Gasteiger partial charge in [-0.2, -0.15) is 0 Å². The van der Waals surface area contributed by atoms with Crippen LogP contribution in [0.4, 0.5) is 0 Å². The molecule has 0 bridgehead atoms. The molecule has 1 aromatic heterocycles. The zero-order valence-electron chi connectivity index (χ0n) is 14.1. The van der Waals surface area contributed by atoms with Crippen molar-refractivity contribution in [3.63, 3.8) is 0 Å². The molecular weight excluding hydrogens is 320 g/mol. The molecule has 0 spiro atoms. The summed E-state index contributed by atoms with van der Waals surface area (Å²) in [5.41, 5.74) is 8.73. The van der Waals surface area contributed by atoms with Gasteiger partial charge in [-0.3, -0.25) is 9.69 Å². The van der Waals surface area contributed by atoms with Gasteiger partial charge in [-0.15, -0.1) is 11.3 Å². The summed E-state index contributed by atoms with van der Waals surface area (Å²) in [5.74, 6) is 0.0460. The van der Waals surface area contributed by atoms with Gasteiger partial charge in [0.25, 0.3) is 5.91 Å². The highest BCUT2D eigenvalue weighted by Gasteiger charge is 2.23. The molecule has 2 heterocycles. The fourth-order valence-electron chi connectivity index (χ4n) is 2.99. The molecule has 128 valence electrons. The zero-order valence-corrected chi connectivity index (χ0v) is 14.9. The van der Waals surface area contributed by atoms with Crippen molar-refractivity contribution in [2.75, 3.05) is 32.7 Å². The third-order valence-corrected chi connectivity index (χ3v) is 5.19. The van der Waals surface area contributed by atoms with E-state index in [2.05, 4.69) is 41.1 Å². The van der Waals surface area contributed by atoms with Crippen molar-refractivity contribution >= 4 is 17.2 Å². The van der Waals surface area contributed by atoms with Crippen LogP contribution in [0.15, 0.2) is 29.6 Å². The van der Waals surface area contributed by atoms with Crippen LogP contribution in [0, 0.1) is 6.92 Å². The van der Waals surface area contributed by atoms with Gasteiger partial charge in [0.15, 0.2) is 0 Å². The molecule has 0 radical (unpaired) electrons. The maximum absolute atomic E-state index is 12.5. The van der Waals surface area contributed by atoms with Crippen LogP contribution in [-0.2, 0) is 13.0 Å². The summed E-state index contributed by atoms with van der Waals surface area (Å²) in [6, 6.07) is 8.61. The Hall–Kier alpha value is -1.76. The maximum Gasteiger partial charge on any atom is 0.273 e. The van der Waals surface area contributed by atoms with Crippen molar-refractivity contribution in [2.45, 2.75) is 19.9 Å². The molecule has 1 saturated heterocycles. The Bertz CT molecular complexity index is 692. The average Bonchev–Trinajstić information content (AvgIpc) is 3.04. The van der Waals surface area contributed by atoms with Crippen LogP contribution < -0.4 is 5.73 Å². The monoisotopic (exact) mass is 344 g/mol. The predicted molar refractivity (Wildman–Crippen MR) is 97.2 cm³/mol. The molecule has 1 aromatic carbocycles. The quantitative estimate of drug-likeness (QED) is 0.900. The molecule has 1 fully saturated rings. The summed E-state index contributed by atoms with van der Waals surface area (Å²) in [4.78, 5) is 21.3. The van der Waals surface area contributed by atoms with Gasteiger partial charge in [-0.1, -0.05) is 29.8 Å². The number of rotatable bonds is 5. The second-order valence-corrected chi connectivity index (χ2v) is 7.17. The molecule has 0 saturated carbocycles. The van der Waals surface area contributed by atoms with Crippen LogP contribution in [0.25, 0.3) is 0 Å². The first-order valence-electron chi connectivity index (χ1n) is 8.37. The van der Waals surface area contributed by atoms with Gasteiger partial charge in [0.2, 0.25) is 0 Å². The summed E-state index contributed by atoms with van der Waals surface area (Å²) in [6.07, 6.45) is 0.738. The van der Waals surface area contributed by atoms with Gasteiger partial charge in [0, 0.05) is 44.5 Å². The van der Waals surface area contributed by atoms with Crippen LogP contribution in [0.3, 0.4) is 0 Å². The number of nitrogens with two attached hydrogens (primary N) is 1. The van der Waals surface area contributed by atoms with Crippen molar-refractivity contribution < 1.29 is 4.79 Å². The Balaban J connectivity index is 1.53. The van der Waals surface area contributed by atoms with Crippen LogP contribution in [0.5, 0.6) is 0 Å². The zero-order chi connectivity index (χ0) is 16.9. The first-order valence-corrected chi connectivity index (χ1v) is 9.25. The van der Waals surface area contributed by atoms with E-state index in [0.717, 1.165) is 44.2 Å². The van der Waals surface area contributed by atoms with Gasteiger partial charge in [-0.05, 0) is 19.0 Å².